The van der Waals surface area contributed by atoms with Crippen LogP contribution < -0.4 is 23.8 Å². The third-order valence-corrected chi connectivity index (χ3v) is 6.56. The maximum Gasteiger partial charge on any atom is 0.142 e. The Morgan fingerprint density at radius 3 is 1.94 bits per heavy atom. The highest BCUT2D eigenvalue weighted by Crippen LogP contribution is 2.32. The van der Waals surface area contributed by atoms with Gasteiger partial charge in [-0.15, -0.1) is 12.4 Å². The minimum Gasteiger partial charge on any atom is -0.496 e. The maximum atomic E-state index is 6.22. The van der Waals surface area contributed by atoms with Gasteiger partial charge in [0.1, 0.15) is 29.6 Å². The molecule has 1 aliphatic rings. The maximum absolute atomic E-state index is 6.22. The van der Waals surface area contributed by atoms with Crippen molar-refractivity contribution in [1.82, 2.24) is 4.90 Å². The lowest BCUT2D eigenvalue weighted by Gasteiger charge is -2.36. The molecular weight excluding hydrogens is 499 g/mol. The van der Waals surface area contributed by atoms with Crippen molar-refractivity contribution >= 4 is 29.7 Å². The summed E-state index contributed by atoms with van der Waals surface area (Å²) >= 11 is 6.22. The molecule has 1 saturated heterocycles. The van der Waals surface area contributed by atoms with Crippen LogP contribution in [0.2, 0.25) is 5.02 Å². The Labute approximate surface area is 225 Å². The van der Waals surface area contributed by atoms with E-state index in [1.54, 1.807) is 21.3 Å². The lowest BCUT2D eigenvalue weighted by atomic mass is 10.1. The average Bonchev–Trinajstić information content (AvgIpc) is 2.91. The summed E-state index contributed by atoms with van der Waals surface area (Å²) < 4.78 is 22.1. The number of benzene rings is 3. The van der Waals surface area contributed by atoms with Crippen LogP contribution in [0.4, 0.5) is 5.69 Å². The second-order valence-corrected chi connectivity index (χ2v) is 8.98. The lowest BCUT2D eigenvalue weighted by molar-refractivity contribution is 0.260. The number of piperazine rings is 1. The topological polar surface area (TPSA) is 43.4 Å². The van der Waals surface area contributed by atoms with Crippen molar-refractivity contribution < 1.29 is 18.9 Å². The highest BCUT2D eigenvalue weighted by atomic mass is 35.5. The Balaban J connectivity index is 0.00000361. The molecule has 1 aliphatic heterocycles. The summed E-state index contributed by atoms with van der Waals surface area (Å²) in [6.07, 6.45) is 1.02. The van der Waals surface area contributed by atoms with Gasteiger partial charge in [0.25, 0.3) is 0 Å². The minimum atomic E-state index is 0. The van der Waals surface area contributed by atoms with Crippen LogP contribution in [0.15, 0.2) is 60.7 Å². The summed E-state index contributed by atoms with van der Waals surface area (Å²) in [6, 6.07) is 20.0. The Bertz CT molecular complexity index is 1080. The first-order valence-electron chi connectivity index (χ1n) is 11.8. The van der Waals surface area contributed by atoms with E-state index in [-0.39, 0.29) is 12.4 Å². The molecule has 36 heavy (non-hydrogen) atoms. The van der Waals surface area contributed by atoms with Crippen LogP contribution in [0.1, 0.15) is 11.1 Å². The van der Waals surface area contributed by atoms with Crippen LogP contribution in [0, 0.1) is 0 Å². The molecule has 194 valence electrons. The van der Waals surface area contributed by atoms with E-state index in [1.165, 1.54) is 5.56 Å². The van der Waals surface area contributed by atoms with Gasteiger partial charge in [-0.25, -0.2) is 0 Å². The first kappa shape index (κ1) is 27.8. The molecule has 0 aliphatic carbocycles. The highest BCUT2D eigenvalue weighted by molar-refractivity contribution is 6.30. The van der Waals surface area contributed by atoms with Crippen molar-refractivity contribution in [3.8, 4) is 23.0 Å². The van der Waals surface area contributed by atoms with Crippen molar-refractivity contribution in [2.75, 3.05) is 59.0 Å². The molecule has 0 N–H and O–H groups in total. The quantitative estimate of drug-likeness (QED) is 0.332. The summed E-state index contributed by atoms with van der Waals surface area (Å²) in [5.41, 5.74) is 3.53. The predicted molar refractivity (Wildman–Crippen MR) is 148 cm³/mol. The fourth-order valence-electron chi connectivity index (χ4n) is 4.24. The Morgan fingerprint density at radius 1 is 0.722 bits per heavy atom. The van der Waals surface area contributed by atoms with E-state index in [2.05, 4.69) is 34.1 Å². The van der Waals surface area contributed by atoms with Gasteiger partial charge in [0.15, 0.2) is 0 Å². The Morgan fingerprint density at radius 2 is 1.33 bits per heavy atom. The predicted octanol–water partition coefficient (Wildman–Crippen LogP) is 5.73. The Hall–Kier alpha value is -2.80. The van der Waals surface area contributed by atoms with Crippen molar-refractivity contribution in [2.24, 2.45) is 0 Å². The molecule has 0 radical (unpaired) electrons. The summed E-state index contributed by atoms with van der Waals surface area (Å²) in [5, 5.41) is 0.736. The van der Waals surface area contributed by atoms with E-state index in [0.29, 0.717) is 18.1 Å². The van der Waals surface area contributed by atoms with Gasteiger partial charge in [0.2, 0.25) is 0 Å². The molecule has 0 atom stereocenters. The van der Waals surface area contributed by atoms with Crippen LogP contribution in [0.5, 0.6) is 23.0 Å². The van der Waals surface area contributed by atoms with Crippen molar-refractivity contribution in [2.45, 2.75) is 13.0 Å². The molecule has 1 heterocycles. The monoisotopic (exact) mass is 532 g/mol. The molecule has 0 amide bonds. The molecule has 0 bridgehead atoms. The number of nitrogens with zero attached hydrogens (tertiary/aromatic N) is 2. The van der Waals surface area contributed by atoms with Gasteiger partial charge in [0, 0.05) is 55.9 Å². The molecule has 0 saturated carbocycles. The molecule has 0 spiro atoms. The molecule has 0 aromatic heterocycles. The Kier molecular flexibility index (Phi) is 10.4. The molecular formula is C28H34Cl2N2O4. The number of ether oxygens (including phenoxy) is 4. The minimum absolute atomic E-state index is 0. The van der Waals surface area contributed by atoms with Gasteiger partial charge in [-0.3, -0.25) is 4.90 Å². The van der Waals surface area contributed by atoms with Gasteiger partial charge >= 0.3 is 0 Å². The van der Waals surface area contributed by atoms with Gasteiger partial charge < -0.3 is 23.8 Å². The average molecular weight is 533 g/mol. The number of hydrogen-bond donors (Lipinski definition) is 0. The molecule has 8 heteroatoms. The van der Waals surface area contributed by atoms with E-state index >= 15 is 0 Å². The van der Waals surface area contributed by atoms with E-state index in [0.717, 1.165) is 66.9 Å². The molecule has 3 aromatic rings. The van der Waals surface area contributed by atoms with Crippen molar-refractivity contribution in [3.05, 3.63) is 76.8 Å². The number of hydrogen-bond acceptors (Lipinski definition) is 6. The number of methoxy groups -OCH3 is 3. The zero-order valence-electron chi connectivity index (χ0n) is 21.0. The van der Waals surface area contributed by atoms with Crippen molar-refractivity contribution in [1.29, 1.82) is 0 Å². The second-order valence-electron chi connectivity index (χ2n) is 8.55. The van der Waals surface area contributed by atoms with E-state index < -0.39 is 0 Å². The molecule has 6 nitrogen and oxygen atoms in total. The first-order valence-corrected chi connectivity index (χ1v) is 12.2. The van der Waals surface area contributed by atoms with Gasteiger partial charge in [-0.05, 0) is 35.7 Å². The van der Waals surface area contributed by atoms with Gasteiger partial charge in [-0.2, -0.15) is 0 Å². The lowest BCUT2D eigenvalue weighted by Crippen LogP contribution is -2.47. The van der Waals surface area contributed by atoms with Gasteiger partial charge in [0.05, 0.1) is 27.0 Å². The summed E-state index contributed by atoms with van der Waals surface area (Å²) in [5.74, 6) is 3.02. The fourth-order valence-corrected chi connectivity index (χ4v) is 4.41. The highest BCUT2D eigenvalue weighted by Gasteiger charge is 2.20. The first-order chi connectivity index (χ1) is 17.1. The van der Waals surface area contributed by atoms with Gasteiger partial charge in [-0.1, -0.05) is 35.9 Å². The second kappa shape index (κ2) is 13.5. The summed E-state index contributed by atoms with van der Waals surface area (Å²) in [7, 11) is 4.97. The van der Waals surface area contributed by atoms with E-state index in [4.69, 9.17) is 30.5 Å². The van der Waals surface area contributed by atoms with Crippen LogP contribution in [0.25, 0.3) is 0 Å². The molecule has 3 aromatic carbocycles. The van der Waals surface area contributed by atoms with Crippen LogP contribution >= 0.6 is 24.0 Å². The van der Waals surface area contributed by atoms with Crippen LogP contribution in [-0.4, -0.2) is 59.0 Å². The summed E-state index contributed by atoms with van der Waals surface area (Å²) in [4.78, 5) is 4.87. The smallest absolute Gasteiger partial charge is 0.142 e. The zero-order valence-corrected chi connectivity index (χ0v) is 22.6. The van der Waals surface area contributed by atoms with E-state index in [9.17, 15) is 0 Å². The fraction of sp³-hybridized carbons (Fsp3) is 0.357. The zero-order chi connectivity index (χ0) is 24.6. The number of halogens is 2. The SMILES string of the molecule is COc1cc(OC)cc(OCc2ccc(CCN3CCN(c4cc(Cl)ccc4OC)CC3)cc2)c1.Cl. The van der Waals surface area contributed by atoms with Crippen molar-refractivity contribution in [3.63, 3.8) is 0 Å². The summed E-state index contributed by atoms with van der Waals surface area (Å²) in [6.45, 7) is 5.49. The molecule has 1 fully saturated rings. The van der Waals surface area contributed by atoms with Crippen LogP contribution in [-0.2, 0) is 13.0 Å². The normalized spacial score (nSPS) is 13.6. The van der Waals surface area contributed by atoms with Crippen LogP contribution in [0.3, 0.4) is 0 Å². The largest absolute Gasteiger partial charge is 0.496 e. The number of rotatable bonds is 10. The standard InChI is InChI=1S/C28H33ClN2O4.ClH/c1-32-24-17-25(33-2)19-26(18-24)35-20-22-6-4-21(5-7-22)10-11-30-12-14-31(15-13-30)27-16-23(29)8-9-28(27)34-3;/h4-9,16-19H,10-15,20H2,1-3H3;1H. The molecule has 0 unspecified atom stereocenters. The van der Waals surface area contributed by atoms with E-state index in [1.807, 2.05) is 36.4 Å². The molecule has 4 rings (SSSR count). The third kappa shape index (κ3) is 7.36. The number of anilines is 1. The third-order valence-electron chi connectivity index (χ3n) is 6.32.